The zero-order chi connectivity index (χ0) is 56.4. The van der Waals surface area contributed by atoms with E-state index in [1.807, 2.05) is 33.3 Å². The molecule has 3 atom stereocenters. The van der Waals surface area contributed by atoms with Crippen molar-refractivity contribution in [1.82, 2.24) is 5.32 Å². The molecule has 0 saturated heterocycles. The molecular weight excluding hydrogens is 976 g/mol. The average Bonchev–Trinajstić information content (AvgIpc) is 3.39. The minimum atomic E-state index is -4.45. The highest BCUT2D eigenvalue weighted by molar-refractivity contribution is 7.47. The van der Waals surface area contributed by atoms with E-state index >= 15 is 0 Å². The van der Waals surface area contributed by atoms with Crippen LogP contribution in [0.25, 0.3) is 0 Å². The van der Waals surface area contributed by atoms with E-state index in [9.17, 15) is 19.0 Å². The number of amides is 1. The fourth-order valence-electron chi connectivity index (χ4n) is 8.94. The number of hydrogen-bond acceptors (Lipinski definition) is 6. The van der Waals surface area contributed by atoms with Crippen molar-refractivity contribution in [2.24, 2.45) is 0 Å². The number of unbranched alkanes of at least 4 members (excludes halogenated alkanes) is 29. The lowest BCUT2D eigenvalue weighted by atomic mass is 10.0. The molecule has 0 aromatic carbocycles. The van der Waals surface area contributed by atoms with Crippen molar-refractivity contribution in [1.29, 1.82) is 0 Å². The minimum absolute atomic E-state index is 0.0358. The van der Waals surface area contributed by atoms with Crippen molar-refractivity contribution >= 4 is 19.7 Å². The van der Waals surface area contributed by atoms with E-state index in [1.165, 1.54) is 122 Å². The van der Waals surface area contributed by atoms with Gasteiger partial charge in [-0.2, -0.15) is 0 Å². The van der Waals surface area contributed by atoms with Crippen molar-refractivity contribution < 1.29 is 37.3 Å². The Kier molecular flexibility index (Phi) is 54.4. The standard InChI is InChI=1S/C67H121N2O7P/c1-7-10-13-16-19-22-25-28-29-30-31-32-33-34-35-36-37-38-39-42-45-48-51-54-57-60-67(71)76-65(58-55-52-49-46-43-40-26-23-20-17-14-11-8-2)64(63-75-77(72,73)74-62-61-69(4,5)6)68-66(70)59-56-53-50-47-44-41-27-24-21-18-15-12-9-3/h10,13,19,22,28-29,31-32,34-35,37-38,55,58,64-65H,7-9,11-12,14-18,20-21,23-27,30,33,36,39-54,56-57,59-63H2,1-6H3,(H-,68,70,72,73)/p+1/b13-10-,22-19-,29-28-,32-31-,35-34-,38-37-,58-55-. The van der Waals surface area contributed by atoms with Crippen molar-refractivity contribution in [2.75, 3.05) is 40.9 Å². The van der Waals surface area contributed by atoms with Gasteiger partial charge in [-0.1, -0.05) is 267 Å². The van der Waals surface area contributed by atoms with E-state index in [-0.39, 0.29) is 31.5 Å². The summed E-state index contributed by atoms with van der Waals surface area (Å²) in [6, 6.07) is -0.856. The topological polar surface area (TPSA) is 111 Å². The number of carbonyl (C=O) groups excluding carboxylic acids is 2. The maximum absolute atomic E-state index is 13.5. The summed E-state index contributed by atoms with van der Waals surface area (Å²) in [6.45, 7) is 6.90. The van der Waals surface area contributed by atoms with Gasteiger partial charge in [-0.05, 0) is 83.1 Å². The van der Waals surface area contributed by atoms with Gasteiger partial charge in [-0.3, -0.25) is 18.6 Å². The molecule has 446 valence electrons. The smallest absolute Gasteiger partial charge is 0.456 e. The first-order valence-corrected chi connectivity index (χ1v) is 33.4. The number of esters is 1. The van der Waals surface area contributed by atoms with Crippen LogP contribution in [0.2, 0.25) is 0 Å². The summed E-state index contributed by atoms with van der Waals surface area (Å²) < 4.78 is 30.7. The van der Waals surface area contributed by atoms with Crippen LogP contribution in [0, 0.1) is 0 Å². The number of carbonyl (C=O) groups is 2. The summed E-state index contributed by atoms with van der Waals surface area (Å²) in [6.07, 6.45) is 74.3. The molecule has 0 bridgehead atoms. The van der Waals surface area contributed by atoms with E-state index in [2.05, 4.69) is 99.0 Å². The zero-order valence-electron chi connectivity index (χ0n) is 50.9. The van der Waals surface area contributed by atoms with Gasteiger partial charge in [-0.15, -0.1) is 0 Å². The summed E-state index contributed by atoms with van der Waals surface area (Å²) >= 11 is 0. The molecule has 0 fully saturated rings. The lowest BCUT2D eigenvalue weighted by Gasteiger charge is -2.27. The predicted octanol–water partition coefficient (Wildman–Crippen LogP) is 19.8. The number of hydrogen-bond donors (Lipinski definition) is 2. The van der Waals surface area contributed by atoms with Crippen LogP contribution in [0.5, 0.6) is 0 Å². The number of nitrogens with zero attached hydrogens (tertiary/aromatic N) is 1. The van der Waals surface area contributed by atoms with Gasteiger partial charge < -0.3 is 19.4 Å². The lowest BCUT2D eigenvalue weighted by Crippen LogP contribution is -2.47. The Bertz CT molecular complexity index is 1590. The molecule has 0 aliphatic rings. The number of phosphoric ester groups is 1. The molecule has 0 aliphatic heterocycles. The third kappa shape index (κ3) is 57.7. The molecule has 0 saturated carbocycles. The SMILES string of the molecule is CC/C=C\C/C=C\C/C=C\C/C=C\C/C=C\C/C=C\CCCCCCCCC(=O)OC(/C=C\CCCCCCCCCCCCC)C(COP(=O)(O)OCC[N+](C)(C)C)NC(=O)CCCCCCCCCCCCCCC. The van der Waals surface area contributed by atoms with Crippen LogP contribution in [0.15, 0.2) is 85.1 Å². The van der Waals surface area contributed by atoms with E-state index in [1.54, 1.807) is 0 Å². The van der Waals surface area contributed by atoms with E-state index in [4.69, 9.17) is 13.8 Å². The molecule has 77 heavy (non-hydrogen) atoms. The predicted molar refractivity (Wildman–Crippen MR) is 332 cm³/mol. The maximum Gasteiger partial charge on any atom is 0.472 e. The van der Waals surface area contributed by atoms with Crippen molar-refractivity contribution in [3.8, 4) is 0 Å². The highest BCUT2D eigenvalue weighted by Crippen LogP contribution is 2.43. The van der Waals surface area contributed by atoms with Crippen molar-refractivity contribution in [3.63, 3.8) is 0 Å². The van der Waals surface area contributed by atoms with Gasteiger partial charge in [0.2, 0.25) is 5.91 Å². The average molecular weight is 1100 g/mol. The molecule has 0 aromatic rings. The number of rotatable bonds is 57. The number of phosphoric acid groups is 1. The van der Waals surface area contributed by atoms with Gasteiger partial charge in [0.25, 0.3) is 0 Å². The summed E-state index contributed by atoms with van der Waals surface area (Å²) in [5.74, 6) is -0.518. The van der Waals surface area contributed by atoms with Gasteiger partial charge in [0, 0.05) is 12.8 Å². The van der Waals surface area contributed by atoms with Crippen LogP contribution in [0.1, 0.15) is 278 Å². The fourth-order valence-corrected chi connectivity index (χ4v) is 9.68. The molecule has 0 rings (SSSR count). The molecule has 0 aliphatic carbocycles. The Balaban J connectivity index is 5.21. The normalized spacial score (nSPS) is 14.2. The fraction of sp³-hybridized carbons (Fsp3) is 0.761. The Morgan fingerprint density at radius 3 is 1.25 bits per heavy atom. The quantitative estimate of drug-likeness (QED) is 0.0205. The first-order chi connectivity index (χ1) is 37.4. The second-order valence-electron chi connectivity index (χ2n) is 22.6. The minimum Gasteiger partial charge on any atom is -0.456 e. The molecule has 10 heteroatoms. The summed E-state index contributed by atoms with van der Waals surface area (Å²) in [4.78, 5) is 37.7. The van der Waals surface area contributed by atoms with Gasteiger partial charge in [0.05, 0.1) is 33.8 Å². The van der Waals surface area contributed by atoms with Crippen molar-refractivity contribution in [3.05, 3.63) is 85.1 Å². The van der Waals surface area contributed by atoms with E-state index in [0.29, 0.717) is 17.4 Å². The number of likely N-dealkylation sites (N-methyl/N-ethyl adjacent to an activating group) is 1. The molecule has 2 N–H and O–H groups in total. The summed E-state index contributed by atoms with van der Waals surface area (Å²) in [5, 5.41) is 3.05. The molecule has 0 radical (unpaired) electrons. The van der Waals surface area contributed by atoms with Crippen LogP contribution in [-0.4, -0.2) is 74.3 Å². The monoisotopic (exact) mass is 1100 g/mol. The molecule has 9 nitrogen and oxygen atoms in total. The maximum atomic E-state index is 13.5. The third-order valence-corrected chi connectivity index (χ3v) is 14.8. The lowest BCUT2D eigenvalue weighted by molar-refractivity contribution is -0.870. The van der Waals surface area contributed by atoms with Gasteiger partial charge in [-0.25, -0.2) is 4.57 Å². The number of quaternary nitrogens is 1. The molecule has 0 heterocycles. The van der Waals surface area contributed by atoms with E-state index < -0.39 is 20.0 Å². The first kappa shape index (κ1) is 74.2. The molecule has 0 aromatic heterocycles. The third-order valence-electron chi connectivity index (χ3n) is 13.8. The van der Waals surface area contributed by atoms with Crippen LogP contribution >= 0.6 is 7.82 Å². The van der Waals surface area contributed by atoms with Crippen LogP contribution in [0.3, 0.4) is 0 Å². The largest absolute Gasteiger partial charge is 0.472 e. The Labute approximate surface area is 476 Å². The van der Waals surface area contributed by atoms with E-state index in [0.717, 1.165) is 122 Å². The first-order valence-electron chi connectivity index (χ1n) is 31.9. The number of allylic oxidation sites excluding steroid dienone is 13. The molecule has 1 amide bonds. The summed E-state index contributed by atoms with van der Waals surface area (Å²) in [5.41, 5.74) is 0. The zero-order valence-corrected chi connectivity index (χ0v) is 51.8. The molecule has 3 unspecified atom stereocenters. The molecule has 0 spiro atoms. The second-order valence-corrected chi connectivity index (χ2v) is 24.0. The van der Waals surface area contributed by atoms with Gasteiger partial charge >= 0.3 is 13.8 Å². The Morgan fingerprint density at radius 2 is 0.831 bits per heavy atom. The van der Waals surface area contributed by atoms with Gasteiger partial charge in [0.15, 0.2) is 0 Å². The number of ether oxygens (including phenoxy) is 1. The highest BCUT2D eigenvalue weighted by atomic mass is 31.2. The highest BCUT2D eigenvalue weighted by Gasteiger charge is 2.30. The molecular formula is C67H122N2O7P+. The van der Waals surface area contributed by atoms with Crippen LogP contribution < -0.4 is 5.32 Å². The van der Waals surface area contributed by atoms with Crippen LogP contribution in [-0.2, 0) is 27.9 Å². The Morgan fingerprint density at radius 1 is 0.468 bits per heavy atom. The van der Waals surface area contributed by atoms with Gasteiger partial charge in [0.1, 0.15) is 19.3 Å². The van der Waals surface area contributed by atoms with Crippen LogP contribution in [0.4, 0.5) is 0 Å². The summed E-state index contributed by atoms with van der Waals surface area (Å²) in [7, 11) is 1.48. The second kappa shape index (κ2) is 56.5. The Hall–Kier alpha value is -2.81. The van der Waals surface area contributed by atoms with Crippen molar-refractivity contribution in [2.45, 2.75) is 290 Å². The number of nitrogens with one attached hydrogen (secondary N) is 1.